The molecule has 1 aliphatic rings. The second kappa shape index (κ2) is 6.27. The molecule has 3 unspecified atom stereocenters. The number of hydrogen-bond donors (Lipinski definition) is 1. The number of esters is 1. The van der Waals surface area contributed by atoms with Gasteiger partial charge in [-0.1, -0.05) is 23.7 Å². The first-order valence-corrected chi connectivity index (χ1v) is 7.01. The molecule has 20 heavy (non-hydrogen) atoms. The standard InChI is InChI=1S/C15H18ClNO3/c1-9(6-14(18)20-2)17-15(19)13-8-12(13)10-4-3-5-11(16)7-10/h3-5,7,9,12-13H,6,8H2,1-2H3,(H,17,19). The van der Waals surface area contributed by atoms with E-state index in [1.54, 1.807) is 6.92 Å². The lowest BCUT2D eigenvalue weighted by Crippen LogP contribution is -2.35. The molecule has 5 heteroatoms. The van der Waals surface area contributed by atoms with E-state index in [1.807, 2.05) is 24.3 Å². The molecule has 3 atom stereocenters. The number of hydrogen-bond acceptors (Lipinski definition) is 3. The summed E-state index contributed by atoms with van der Waals surface area (Å²) in [6.45, 7) is 1.80. The van der Waals surface area contributed by atoms with Crippen molar-refractivity contribution >= 4 is 23.5 Å². The Hall–Kier alpha value is -1.55. The van der Waals surface area contributed by atoms with Gasteiger partial charge in [-0.25, -0.2) is 0 Å². The molecule has 0 aliphatic heterocycles. The highest BCUT2D eigenvalue weighted by atomic mass is 35.5. The first-order chi connectivity index (χ1) is 9.51. The van der Waals surface area contributed by atoms with E-state index < -0.39 is 0 Å². The molecular formula is C15H18ClNO3. The topological polar surface area (TPSA) is 55.4 Å². The molecule has 1 fully saturated rings. The Morgan fingerprint density at radius 2 is 2.25 bits per heavy atom. The molecular weight excluding hydrogens is 278 g/mol. The van der Waals surface area contributed by atoms with Gasteiger partial charge in [0.2, 0.25) is 5.91 Å². The van der Waals surface area contributed by atoms with E-state index in [1.165, 1.54) is 7.11 Å². The summed E-state index contributed by atoms with van der Waals surface area (Å²) in [4.78, 5) is 23.2. The van der Waals surface area contributed by atoms with Crippen LogP contribution in [0.3, 0.4) is 0 Å². The lowest BCUT2D eigenvalue weighted by Gasteiger charge is -2.12. The van der Waals surface area contributed by atoms with Crippen molar-refractivity contribution in [3.63, 3.8) is 0 Å². The van der Waals surface area contributed by atoms with Crippen LogP contribution < -0.4 is 5.32 Å². The normalized spacial score (nSPS) is 21.9. The minimum Gasteiger partial charge on any atom is -0.469 e. The van der Waals surface area contributed by atoms with Gasteiger partial charge in [0.05, 0.1) is 13.5 Å². The minimum absolute atomic E-state index is 0.00798. The van der Waals surface area contributed by atoms with Crippen molar-refractivity contribution in [3.8, 4) is 0 Å². The Kier molecular flexibility index (Phi) is 4.65. The number of benzene rings is 1. The number of carbonyl (C=O) groups is 2. The van der Waals surface area contributed by atoms with E-state index in [-0.39, 0.29) is 36.2 Å². The average Bonchev–Trinajstić information content (AvgIpc) is 3.18. The SMILES string of the molecule is COC(=O)CC(C)NC(=O)C1CC1c1cccc(Cl)c1. The number of rotatable bonds is 5. The largest absolute Gasteiger partial charge is 0.469 e. The summed E-state index contributed by atoms with van der Waals surface area (Å²) in [7, 11) is 1.34. The average molecular weight is 296 g/mol. The number of halogens is 1. The van der Waals surface area contributed by atoms with Crippen molar-refractivity contribution < 1.29 is 14.3 Å². The van der Waals surface area contributed by atoms with Crippen LogP contribution in [0.5, 0.6) is 0 Å². The van der Waals surface area contributed by atoms with Gasteiger partial charge in [0.25, 0.3) is 0 Å². The molecule has 0 bridgehead atoms. The number of methoxy groups -OCH3 is 1. The molecule has 0 aromatic heterocycles. The van der Waals surface area contributed by atoms with Gasteiger partial charge in [-0.15, -0.1) is 0 Å². The van der Waals surface area contributed by atoms with Gasteiger partial charge >= 0.3 is 5.97 Å². The highest BCUT2D eigenvalue weighted by Crippen LogP contribution is 2.47. The van der Waals surface area contributed by atoms with Crippen LogP contribution in [-0.4, -0.2) is 25.0 Å². The lowest BCUT2D eigenvalue weighted by molar-refractivity contribution is -0.141. The third-order valence-electron chi connectivity index (χ3n) is 3.49. The minimum atomic E-state index is -0.319. The van der Waals surface area contributed by atoms with Crippen LogP contribution in [-0.2, 0) is 14.3 Å². The molecule has 108 valence electrons. The molecule has 1 amide bonds. The quantitative estimate of drug-likeness (QED) is 0.849. The third kappa shape index (κ3) is 3.73. The maximum Gasteiger partial charge on any atom is 0.307 e. The van der Waals surface area contributed by atoms with Crippen LogP contribution in [0.1, 0.15) is 31.2 Å². The maximum atomic E-state index is 12.1. The van der Waals surface area contributed by atoms with Crippen LogP contribution in [0.2, 0.25) is 5.02 Å². The summed E-state index contributed by atoms with van der Waals surface area (Å²) in [5, 5.41) is 3.54. The summed E-state index contributed by atoms with van der Waals surface area (Å²) in [6.07, 6.45) is 1.02. The zero-order valence-electron chi connectivity index (χ0n) is 11.6. The first kappa shape index (κ1) is 14.9. The molecule has 0 saturated heterocycles. The van der Waals surface area contributed by atoms with Crippen LogP contribution in [0, 0.1) is 5.92 Å². The Morgan fingerprint density at radius 1 is 1.50 bits per heavy atom. The predicted octanol–water partition coefficient (Wildman–Crippen LogP) is 2.51. The fourth-order valence-corrected chi connectivity index (χ4v) is 2.52. The zero-order valence-corrected chi connectivity index (χ0v) is 12.3. The molecule has 4 nitrogen and oxygen atoms in total. The lowest BCUT2D eigenvalue weighted by atomic mass is 10.1. The van der Waals surface area contributed by atoms with Crippen molar-refractivity contribution in [2.24, 2.45) is 5.92 Å². The molecule has 0 spiro atoms. The number of carbonyl (C=O) groups excluding carboxylic acids is 2. The van der Waals surface area contributed by atoms with Gasteiger partial charge in [0, 0.05) is 17.0 Å². The van der Waals surface area contributed by atoms with E-state index in [0.717, 1.165) is 12.0 Å². The Bertz CT molecular complexity index is 518. The Balaban J connectivity index is 1.85. The van der Waals surface area contributed by atoms with Gasteiger partial charge in [0.1, 0.15) is 0 Å². The molecule has 1 aromatic rings. The van der Waals surface area contributed by atoms with Crippen molar-refractivity contribution in [2.75, 3.05) is 7.11 Å². The van der Waals surface area contributed by atoms with Crippen LogP contribution in [0.15, 0.2) is 24.3 Å². The molecule has 1 aromatic carbocycles. The summed E-state index contributed by atoms with van der Waals surface area (Å²) in [5.41, 5.74) is 1.10. The van der Waals surface area contributed by atoms with E-state index in [4.69, 9.17) is 11.6 Å². The second-order valence-electron chi connectivity index (χ2n) is 5.19. The summed E-state index contributed by atoms with van der Waals surface area (Å²) in [5.74, 6) is -0.112. The van der Waals surface area contributed by atoms with Gasteiger partial charge < -0.3 is 10.1 Å². The third-order valence-corrected chi connectivity index (χ3v) is 3.73. The van der Waals surface area contributed by atoms with Crippen LogP contribution >= 0.6 is 11.6 Å². The first-order valence-electron chi connectivity index (χ1n) is 6.64. The Morgan fingerprint density at radius 3 is 2.90 bits per heavy atom. The molecule has 0 heterocycles. The molecule has 1 N–H and O–H groups in total. The molecule has 2 rings (SSSR count). The van der Waals surface area contributed by atoms with E-state index in [0.29, 0.717) is 5.02 Å². The second-order valence-corrected chi connectivity index (χ2v) is 5.63. The van der Waals surface area contributed by atoms with E-state index in [2.05, 4.69) is 10.1 Å². The van der Waals surface area contributed by atoms with Crippen molar-refractivity contribution in [3.05, 3.63) is 34.9 Å². The number of ether oxygens (including phenoxy) is 1. The highest BCUT2D eigenvalue weighted by Gasteiger charge is 2.44. The van der Waals surface area contributed by atoms with Gasteiger partial charge in [-0.3, -0.25) is 9.59 Å². The van der Waals surface area contributed by atoms with Gasteiger partial charge in [-0.2, -0.15) is 0 Å². The number of nitrogens with one attached hydrogen (secondary N) is 1. The van der Waals surface area contributed by atoms with Gasteiger partial charge in [0.15, 0.2) is 0 Å². The predicted molar refractivity (Wildman–Crippen MR) is 76.5 cm³/mol. The van der Waals surface area contributed by atoms with E-state index >= 15 is 0 Å². The monoisotopic (exact) mass is 295 g/mol. The summed E-state index contributed by atoms with van der Waals surface area (Å²) in [6, 6.07) is 7.39. The number of amides is 1. The maximum absolute atomic E-state index is 12.1. The van der Waals surface area contributed by atoms with Crippen LogP contribution in [0.25, 0.3) is 0 Å². The smallest absolute Gasteiger partial charge is 0.307 e. The fraction of sp³-hybridized carbons (Fsp3) is 0.467. The van der Waals surface area contributed by atoms with Crippen molar-refractivity contribution in [2.45, 2.75) is 31.7 Å². The molecule has 1 saturated carbocycles. The Labute approximate surface area is 123 Å². The summed E-state index contributed by atoms with van der Waals surface area (Å²) >= 11 is 5.95. The molecule has 0 radical (unpaired) electrons. The summed E-state index contributed by atoms with van der Waals surface area (Å²) < 4.78 is 4.58. The van der Waals surface area contributed by atoms with E-state index in [9.17, 15) is 9.59 Å². The highest BCUT2D eigenvalue weighted by molar-refractivity contribution is 6.30. The van der Waals surface area contributed by atoms with Crippen molar-refractivity contribution in [1.29, 1.82) is 0 Å². The van der Waals surface area contributed by atoms with Crippen molar-refractivity contribution in [1.82, 2.24) is 5.32 Å². The fourth-order valence-electron chi connectivity index (χ4n) is 2.32. The van der Waals surface area contributed by atoms with Gasteiger partial charge in [-0.05, 0) is 37.0 Å². The molecule has 1 aliphatic carbocycles. The zero-order chi connectivity index (χ0) is 14.7. The van der Waals surface area contributed by atoms with Crippen LogP contribution in [0.4, 0.5) is 0 Å².